The third-order valence-electron chi connectivity index (χ3n) is 4.83. The first-order valence-electron chi connectivity index (χ1n) is 9.56. The van der Waals surface area contributed by atoms with Gasteiger partial charge in [0.1, 0.15) is 0 Å². The number of thiazole rings is 1. The molecule has 0 saturated carbocycles. The molecule has 1 aromatic carbocycles. The van der Waals surface area contributed by atoms with Gasteiger partial charge in [-0.15, -0.1) is 11.3 Å². The normalized spacial score (nSPS) is 11.5. The zero-order valence-corrected chi connectivity index (χ0v) is 19.2. The smallest absolute Gasteiger partial charge is 0.234 e. The minimum atomic E-state index is 0.0686. The highest BCUT2D eigenvalue weighted by Crippen LogP contribution is 2.33. The Morgan fingerprint density at radius 3 is 2.50 bits per heavy atom. The number of anilines is 1. The first kappa shape index (κ1) is 21.2. The Bertz CT molecular complexity index is 962. The number of likely N-dealkylation sites (N-methyl/N-ethyl adjacent to an activating group) is 1. The molecule has 0 unspecified atom stereocenters. The summed E-state index contributed by atoms with van der Waals surface area (Å²) in [4.78, 5) is 23.2. The number of aromatic nitrogens is 1. The fourth-order valence-electron chi connectivity index (χ4n) is 3.28. The van der Waals surface area contributed by atoms with E-state index in [0.29, 0.717) is 17.3 Å². The molecule has 4 nitrogen and oxygen atoms in total. The molecule has 0 radical (unpaired) electrons. The van der Waals surface area contributed by atoms with Crippen molar-refractivity contribution in [3.05, 3.63) is 44.6 Å². The second kappa shape index (κ2) is 9.35. The van der Waals surface area contributed by atoms with Crippen LogP contribution in [0.4, 0.5) is 5.13 Å². The van der Waals surface area contributed by atoms with Gasteiger partial charge in [-0.1, -0.05) is 42.9 Å². The molecule has 150 valence electrons. The summed E-state index contributed by atoms with van der Waals surface area (Å²) in [5.74, 6) is 0.0686. The summed E-state index contributed by atoms with van der Waals surface area (Å²) >= 11 is 9.11. The Labute approximate surface area is 179 Å². The van der Waals surface area contributed by atoms with E-state index < -0.39 is 0 Å². The predicted molar refractivity (Wildman–Crippen MR) is 122 cm³/mol. The number of thiophene rings is 1. The number of carbonyl (C=O) groups excluding carboxylic acids is 1. The van der Waals surface area contributed by atoms with Gasteiger partial charge in [0, 0.05) is 18.0 Å². The molecule has 0 aliphatic carbocycles. The molecule has 0 aliphatic heterocycles. The summed E-state index contributed by atoms with van der Waals surface area (Å²) in [5, 5.41) is 0.781. The van der Waals surface area contributed by atoms with Gasteiger partial charge in [0.25, 0.3) is 0 Å². The molecule has 0 atom stereocenters. The van der Waals surface area contributed by atoms with Crippen LogP contribution in [0.15, 0.2) is 24.3 Å². The maximum Gasteiger partial charge on any atom is 0.234 e. The fourth-order valence-corrected chi connectivity index (χ4v) is 5.42. The second-order valence-corrected chi connectivity index (χ2v) is 9.66. The molecule has 28 heavy (non-hydrogen) atoms. The standard InChI is InChI=1S/C21H26ClN3OS2/c1-5-24(6-2)9-10-25(19(26)13-16-7-8-18(22)27-16)21-23-17-12-14(3)11-15(4)20(17)28-21/h7-8,11-12H,5-6,9-10,13H2,1-4H3. The van der Waals surface area contributed by atoms with Crippen LogP contribution in [0.5, 0.6) is 0 Å². The van der Waals surface area contributed by atoms with Crippen molar-refractivity contribution in [3.63, 3.8) is 0 Å². The lowest BCUT2D eigenvalue weighted by Crippen LogP contribution is -2.39. The molecular weight excluding hydrogens is 410 g/mol. The molecule has 0 saturated heterocycles. The van der Waals surface area contributed by atoms with Crippen molar-refractivity contribution in [2.24, 2.45) is 0 Å². The zero-order valence-electron chi connectivity index (χ0n) is 16.8. The van der Waals surface area contributed by atoms with Gasteiger partial charge < -0.3 is 4.90 Å². The van der Waals surface area contributed by atoms with E-state index in [0.717, 1.165) is 39.9 Å². The Morgan fingerprint density at radius 1 is 1.11 bits per heavy atom. The van der Waals surface area contributed by atoms with Gasteiger partial charge >= 0.3 is 0 Å². The highest BCUT2D eigenvalue weighted by atomic mass is 35.5. The Balaban J connectivity index is 1.90. The number of hydrogen-bond donors (Lipinski definition) is 0. The maximum absolute atomic E-state index is 13.2. The van der Waals surface area contributed by atoms with Crippen LogP contribution < -0.4 is 4.90 Å². The van der Waals surface area contributed by atoms with Crippen molar-refractivity contribution < 1.29 is 4.79 Å². The zero-order chi connectivity index (χ0) is 20.3. The molecule has 7 heteroatoms. The highest BCUT2D eigenvalue weighted by Gasteiger charge is 2.22. The van der Waals surface area contributed by atoms with Crippen molar-refractivity contribution in [3.8, 4) is 0 Å². The lowest BCUT2D eigenvalue weighted by molar-refractivity contribution is -0.118. The Kier molecular flexibility index (Phi) is 7.10. The number of halogens is 1. The fraction of sp³-hybridized carbons (Fsp3) is 0.429. The number of hydrogen-bond acceptors (Lipinski definition) is 5. The van der Waals surface area contributed by atoms with E-state index in [1.54, 1.807) is 11.3 Å². The average Bonchev–Trinajstić information content (AvgIpc) is 3.25. The number of amides is 1. The van der Waals surface area contributed by atoms with Crippen LogP contribution in [0.25, 0.3) is 10.2 Å². The number of carbonyl (C=O) groups is 1. The molecule has 0 aliphatic rings. The molecule has 2 aromatic heterocycles. The van der Waals surface area contributed by atoms with Crippen LogP contribution in [-0.2, 0) is 11.2 Å². The summed E-state index contributed by atoms with van der Waals surface area (Å²) in [6.45, 7) is 11.9. The lowest BCUT2D eigenvalue weighted by atomic mass is 10.1. The molecule has 0 fully saturated rings. The predicted octanol–water partition coefficient (Wildman–Crippen LogP) is 5.55. The second-order valence-electron chi connectivity index (χ2n) is 6.88. The van der Waals surface area contributed by atoms with E-state index in [-0.39, 0.29) is 5.91 Å². The Morgan fingerprint density at radius 2 is 1.86 bits per heavy atom. The van der Waals surface area contributed by atoms with Crippen LogP contribution >= 0.6 is 34.3 Å². The van der Waals surface area contributed by atoms with Crippen LogP contribution in [0.2, 0.25) is 4.34 Å². The first-order valence-corrected chi connectivity index (χ1v) is 11.6. The number of fused-ring (bicyclic) bond motifs is 1. The van der Waals surface area contributed by atoms with Crippen LogP contribution in [0.1, 0.15) is 29.9 Å². The van der Waals surface area contributed by atoms with Crippen LogP contribution in [0.3, 0.4) is 0 Å². The number of nitrogens with zero attached hydrogens (tertiary/aromatic N) is 3. The third-order valence-corrected chi connectivity index (χ3v) is 7.29. The minimum Gasteiger partial charge on any atom is -0.302 e. The van der Waals surface area contributed by atoms with Crippen molar-refractivity contribution in [1.29, 1.82) is 0 Å². The molecular formula is C21H26ClN3OS2. The lowest BCUT2D eigenvalue weighted by Gasteiger charge is -2.24. The Hall–Kier alpha value is -1.47. The van der Waals surface area contributed by atoms with Gasteiger partial charge in [0.05, 0.1) is 21.0 Å². The van der Waals surface area contributed by atoms with Crippen molar-refractivity contribution >= 4 is 55.5 Å². The van der Waals surface area contributed by atoms with Crippen molar-refractivity contribution in [1.82, 2.24) is 9.88 Å². The quantitative estimate of drug-likeness (QED) is 0.465. The molecule has 0 spiro atoms. The number of rotatable bonds is 8. The van der Waals surface area contributed by atoms with Gasteiger partial charge in [-0.2, -0.15) is 0 Å². The van der Waals surface area contributed by atoms with Gasteiger partial charge in [0.2, 0.25) is 5.91 Å². The molecule has 3 aromatic rings. The third kappa shape index (κ3) is 4.92. The van der Waals surface area contributed by atoms with Crippen molar-refractivity contribution in [2.45, 2.75) is 34.1 Å². The van der Waals surface area contributed by atoms with Gasteiger partial charge in [-0.3, -0.25) is 9.69 Å². The van der Waals surface area contributed by atoms with E-state index in [4.69, 9.17) is 16.6 Å². The summed E-state index contributed by atoms with van der Waals surface area (Å²) in [6, 6.07) is 8.03. The molecule has 0 N–H and O–H groups in total. The van der Waals surface area contributed by atoms with E-state index in [1.165, 1.54) is 22.5 Å². The molecule has 2 heterocycles. The van der Waals surface area contributed by atoms with Gasteiger partial charge in [0.15, 0.2) is 5.13 Å². The summed E-state index contributed by atoms with van der Waals surface area (Å²) in [5.41, 5.74) is 3.37. The van der Waals surface area contributed by atoms with E-state index in [2.05, 4.69) is 44.7 Å². The van der Waals surface area contributed by atoms with E-state index in [9.17, 15) is 4.79 Å². The minimum absolute atomic E-state index is 0.0686. The van der Waals surface area contributed by atoms with Gasteiger partial charge in [-0.25, -0.2) is 4.98 Å². The van der Waals surface area contributed by atoms with Gasteiger partial charge in [-0.05, 0) is 56.3 Å². The summed E-state index contributed by atoms with van der Waals surface area (Å²) in [7, 11) is 0. The monoisotopic (exact) mass is 435 g/mol. The summed E-state index contributed by atoms with van der Waals surface area (Å²) in [6.07, 6.45) is 0.351. The first-order chi connectivity index (χ1) is 13.4. The maximum atomic E-state index is 13.2. The average molecular weight is 436 g/mol. The molecule has 1 amide bonds. The van der Waals surface area contributed by atoms with Crippen LogP contribution in [-0.4, -0.2) is 42.0 Å². The SMILES string of the molecule is CCN(CC)CCN(C(=O)Cc1ccc(Cl)s1)c1nc2cc(C)cc(C)c2s1. The summed E-state index contributed by atoms with van der Waals surface area (Å²) < 4.78 is 1.86. The number of aryl methyl sites for hydroxylation is 2. The topological polar surface area (TPSA) is 36.4 Å². The number of benzene rings is 1. The molecule has 0 bridgehead atoms. The van der Waals surface area contributed by atoms with E-state index in [1.807, 2.05) is 17.0 Å². The largest absolute Gasteiger partial charge is 0.302 e. The molecule has 3 rings (SSSR count). The highest BCUT2D eigenvalue weighted by molar-refractivity contribution is 7.22. The van der Waals surface area contributed by atoms with Crippen LogP contribution in [0, 0.1) is 13.8 Å². The van der Waals surface area contributed by atoms with E-state index >= 15 is 0 Å². The van der Waals surface area contributed by atoms with Crippen molar-refractivity contribution in [2.75, 3.05) is 31.1 Å².